The quantitative estimate of drug-likeness (QED) is 0.0204. The highest BCUT2D eigenvalue weighted by Crippen LogP contribution is 2.13. The molecule has 0 N–H and O–H groups in total. The fourth-order valence-corrected chi connectivity index (χ4v) is 6.43. The fraction of sp³-hybridized carbons (Fsp3) is 0.851. The lowest BCUT2D eigenvalue weighted by Crippen LogP contribution is -2.30. The minimum absolute atomic E-state index is 0.0772. The van der Waals surface area contributed by atoms with Crippen LogP contribution >= 0.6 is 0 Å². The van der Waals surface area contributed by atoms with Crippen molar-refractivity contribution in [2.45, 2.75) is 245 Å². The number of esters is 3. The van der Waals surface area contributed by atoms with Gasteiger partial charge in [0.25, 0.3) is 0 Å². The van der Waals surface area contributed by atoms with E-state index in [-0.39, 0.29) is 31.1 Å². The smallest absolute Gasteiger partial charge is 0.306 e. The van der Waals surface area contributed by atoms with Crippen molar-refractivity contribution in [3.05, 3.63) is 24.3 Å². The lowest BCUT2D eigenvalue weighted by atomic mass is 10.1. The molecule has 310 valence electrons. The molecule has 0 aromatic rings. The molecule has 0 aliphatic rings. The third-order valence-corrected chi connectivity index (χ3v) is 9.93. The summed E-state index contributed by atoms with van der Waals surface area (Å²) in [4.78, 5) is 37.4. The summed E-state index contributed by atoms with van der Waals surface area (Å²) in [6.07, 6.45) is 46.2. The molecule has 0 aromatic heterocycles. The number of carbonyl (C=O) groups excluding carboxylic acids is 3. The second kappa shape index (κ2) is 42.6. The molecule has 0 heterocycles. The third kappa shape index (κ3) is 40.9. The summed E-state index contributed by atoms with van der Waals surface area (Å²) < 4.78 is 16.6. The van der Waals surface area contributed by atoms with E-state index in [1.54, 1.807) is 0 Å². The van der Waals surface area contributed by atoms with Crippen molar-refractivity contribution in [2.75, 3.05) is 13.2 Å². The molecular formula is C47H86O6. The summed E-state index contributed by atoms with van der Waals surface area (Å²) in [5.41, 5.74) is 0. The Kier molecular flexibility index (Phi) is 40.9. The largest absolute Gasteiger partial charge is 0.462 e. The van der Waals surface area contributed by atoms with Crippen molar-refractivity contribution in [3.8, 4) is 0 Å². The van der Waals surface area contributed by atoms with Crippen LogP contribution in [0.4, 0.5) is 0 Å². The molecule has 0 saturated heterocycles. The number of carbonyl (C=O) groups is 3. The van der Waals surface area contributed by atoms with Gasteiger partial charge in [0, 0.05) is 19.3 Å². The summed E-state index contributed by atoms with van der Waals surface area (Å²) >= 11 is 0. The number of unbranched alkanes of at least 4 members (excludes halogenated alkanes) is 26. The molecule has 6 nitrogen and oxygen atoms in total. The molecule has 6 heteroatoms. The molecule has 0 radical (unpaired) electrons. The van der Waals surface area contributed by atoms with Crippen LogP contribution in [0.1, 0.15) is 239 Å². The SMILES string of the molecule is CCCCCCCCC=CCCCCCC[13CH2]C(=O)OCC(COC(=O)[13CH2]CCCCCCC=CCCCCCCCC)OC(=O)CCCCCCC. The normalized spacial score (nSPS) is 12.1. The van der Waals surface area contributed by atoms with Crippen LogP contribution in [-0.4, -0.2) is 37.2 Å². The zero-order valence-corrected chi connectivity index (χ0v) is 35.3. The first-order valence-electron chi connectivity index (χ1n) is 22.8. The van der Waals surface area contributed by atoms with Crippen molar-refractivity contribution in [3.63, 3.8) is 0 Å². The molecule has 53 heavy (non-hydrogen) atoms. The van der Waals surface area contributed by atoms with Crippen LogP contribution in [0, 0.1) is 0 Å². The summed E-state index contributed by atoms with van der Waals surface area (Å²) in [5.74, 6) is -0.904. The van der Waals surface area contributed by atoms with Crippen LogP contribution in [0.15, 0.2) is 24.3 Å². The van der Waals surface area contributed by atoms with E-state index in [4.69, 9.17) is 14.2 Å². The number of hydrogen-bond donors (Lipinski definition) is 0. The van der Waals surface area contributed by atoms with E-state index in [0.717, 1.165) is 83.5 Å². The lowest BCUT2D eigenvalue weighted by Gasteiger charge is -2.18. The van der Waals surface area contributed by atoms with Gasteiger partial charge in [0.15, 0.2) is 6.10 Å². The minimum atomic E-state index is -0.769. The van der Waals surface area contributed by atoms with Gasteiger partial charge in [-0.3, -0.25) is 14.4 Å². The van der Waals surface area contributed by atoms with Gasteiger partial charge >= 0.3 is 17.9 Å². The van der Waals surface area contributed by atoms with Gasteiger partial charge in [-0.05, 0) is 70.6 Å². The highest BCUT2D eigenvalue weighted by Gasteiger charge is 2.19. The molecule has 0 aliphatic carbocycles. The van der Waals surface area contributed by atoms with Crippen LogP contribution in [-0.2, 0) is 28.6 Å². The summed E-state index contributed by atoms with van der Waals surface area (Å²) in [6.45, 7) is 6.53. The molecule has 0 fully saturated rings. The molecule has 0 spiro atoms. The zero-order valence-electron chi connectivity index (χ0n) is 35.3. The highest BCUT2D eigenvalue weighted by molar-refractivity contribution is 5.71. The van der Waals surface area contributed by atoms with E-state index in [9.17, 15) is 14.4 Å². The molecule has 0 atom stereocenters. The Morgan fingerprint density at radius 3 is 0.943 bits per heavy atom. The molecular weight excluding hydrogens is 662 g/mol. The van der Waals surface area contributed by atoms with Gasteiger partial charge in [0.1, 0.15) is 13.2 Å². The molecule has 0 rings (SSSR count). The molecule has 0 saturated carbocycles. The molecule has 0 aliphatic heterocycles. The van der Waals surface area contributed by atoms with Gasteiger partial charge in [-0.1, -0.05) is 173 Å². The first-order chi connectivity index (χ1) is 26.0. The predicted octanol–water partition coefficient (Wildman–Crippen LogP) is 14.4. The fourth-order valence-electron chi connectivity index (χ4n) is 6.43. The van der Waals surface area contributed by atoms with Gasteiger partial charge in [-0.15, -0.1) is 0 Å². The second-order valence-corrected chi connectivity index (χ2v) is 15.3. The van der Waals surface area contributed by atoms with Crippen molar-refractivity contribution in [2.24, 2.45) is 0 Å². The van der Waals surface area contributed by atoms with E-state index >= 15 is 0 Å². The van der Waals surface area contributed by atoms with Crippen LogP contribution in [0.25, 0.3) is 0 Å². The lowest BCUT2D eigenvalue weighted by molar-refractivity contribution is -0.167. The van der Waals surface area contributed by atoms with Crippen molar-refractivity contribution in [1.82, 2.24) is 0 Å². The van der Waals surface area contributed by atoms with Gasteiger partial charge < -0.3 is 14.2 Å². The number of rotatable bonds is 41. The van der Waals surface area contributed by atoms with Crippen LogP contribution in [0.5, 0.6) is 0 Å². The van der Waals surface area contributed by atoms with Crippen LogP contribution < -0.4 is 0 Å². The average molecular weight is 749 g/mol. The maximum absolute atomic E-state index is 12.5. The van der Waals surface area contributed by atoms with Crippen molar-refractivity contribution >= 4 is 17.9 Å². The van der Waals surface area contributed by atoms with Crippen molar-refractivity contribution in [1.29, 1.82) is 0 Å². The Bertz CT molecular complexity index is 809. The highest BCUT2D eigenvalue weighted by atomic mass is 16.6. The number of hydrogen-bond acceptors (Lipinski definition) is 6. The van der Waals surface area contributed by atoms with E-state index in [1.807, 2.05) is 0 Å². The zero-order chi connectivity index (χ0) is 38.7. The molecule has 0 amide bonds. The summed E-state index contributed by atoms with van der Waals surface area (Å²) in [5, 5.41) is 0. The number of ether oxygens (including phenoxy) is 3. The Balaban J connectivity index is 4.18. The Morgan fingerprint density at radius 1 is 0.358 bits per heavy atom. The first-order valence-corrected chi connectivity index (χ1v) is 22.8. The second-order valence-electron chi connectivity index (χ2n) is 15.3. The molecule has 0 unspecified atom stereocenters. The van der Waals surface area contributed by atoms with E-state index < -0.39 is 6.10 Å². The van der Waals surface area contributed by atoms with E-state index in [2.05, 4.69) is 45.1 Å². The van der Waals surface area contributed by atoms with Gasteiger partial charge in [0.2, 0.25) is 0 Å². The maximum Gasteiger partial charge on any atom is 0.306 e. The van der Waals surface area contributed by atoms with Crippen LogP contribution in [0.2, 0.25) is 0 Å². The van der Waals surface area contributed by atoms with E-state index in [1.165, 1.54) is 116 Å². The van der Waals surface area contributed by atoms with Gasteiger partial charge in [0.05, 0.1) is 0 Å². The Labute approximate surface area is 328 Å². The molecule has 0 aromatic carbocycles. The van der Waals surface area contributed by atoms with Gasteiger partial charge in [-0.25, -0.2) is 0 Å². The average Bonchev–Trinajstić information content (AvgIpc) is 3.15. The number of allylic oxidation sites excluding steroid dienone is 4. The van der Waals surface area contributed by atoms with Crippen LogP contribution in [0.3, 0.4) is 0 Å². The first kappa shape index (κ1) is 50.9. The Hall–Kier alpha value is -2.11. The maximum atomic E-state index is 12.5. The third-order valence-electron chi connectivity index (χ3n) is 9.93. The standard InChI is InChI=1S/C47H86O6/c1-4-7-10-13-15-17-19-21-23-25-27-29-31-34-36-39-45(48)51-42-44(53-47(50)41-38-33-12-9-6-3)43-52-46(49)40-37-35-32-30-28-26-24-22-20-18-16-14-11-8-5-2/h21-24,44H,4-20,25-43H2,1-3H3/i39+1,40+1. The predicted molar refractivity (Wildman–Crippen MR) is 224 cm³/mol. The van der Waals surface area contributed by atoms with Gasteiger partial charge in [-0.2, -0.15) is 0 Å². The summed E-state index contributed by atoms with van der Waals surface area (Å²) in [7, 11) is 0. The van der Waals surface area contributed by atoms with Crippen molar-refractivity contribution < 1.29 is 28.6 Å². The topological polar surface area (TPSA) is 78.9 Å². The monoisotopic (exact) mass is 749 g/mol. The Morgan fingerprint density at radius 2 is 0.623 bits per heavy atom. The molecule has 0 bridgehead atoms. The summed E-state index contributed by atoms with van der Waals surface area (Å²) in [6, 6.07) is 0. The minimum Gasteiger partial charge on any atom is -0.462 e. The van der Waals surface area contributed by atoms with E-state index in [0.29, 0.717) is 19.3 Å².